The molecule has 4 heterocycles. The van der Waals surface area contributed by atoms with Crippen LogP contribution in [0.2, 0.25) is 0 Å². The molecule has 4 rings (SSSR count). The Bertz CT molecular complexity index is 1360. The van der Waals surface area contributed by atoms with Crippen LogP contribution in [0.15, 0.2) is 22.2 Å². The zero-order valence-electron chi connectivity index (χ0n) is 15.4. The molecule has 0 spiro atoms. The fourth-order valence-corrected chi connectivity index (χ4v) is 4.71. The summed E-state index contributed by atoms with van der Waals surface area (Å²) in [5, 5.41) is 9.66. The average molecular weight is 434 g/mol. The first-order chi connectivity index (χ1) is 13.8. The number of methoxy groups -OCH3 is 1. The van der Waals surface area contributed by atoms with E-state index in [1.807, 2.05) is 0 Å². The Hall–Kier alpha value is -3.38. The third-order valence-electron chi connectivity index (χ3n) is 4.03. The molecule has 3 N–H and O–H groups in total. The van der Waals surface area contributed by atoms with Gasteiger partial charge in [0.15, 0.2) is 0 Å². The predicted molar refractivity (Wildman–Crippen MR) is 108 cm³/mol. The number of H-pyrrole nitrogens is 2. The second kappa shape index (κ2) is 7.93. The van der Waals surface area contributed by atoms with Crippen molar-refractivity contribution in [2.45, 2.75) is 13.8 Å². The molecule has 10 nitrogen and oxygen atoms in total. The molecule has 4 aromatic heterocycles. The van der Waals surface area contributed by atoms with Crippen LogP contribution >= 0.6 is 22.7 Å². The van der Waals surface area contributed by atoms with Crippen LogP contribution in [0.1, 0.15) is 30.5 Å². The summed E-state index contributed by atoms with van der Waals surface area (Å²) in [6, 6.07) is 0. The molecule has 0 aliphatic carbocycles. The number of aromatic carboxylic acids is 1. The van der Waals surface area contributed by atoms with E-state index in [9.17, 15) is 19.2 Å². The Kier molecular flexibility index (Phi) is 5.57. The first-order valence-electron chi connectivity index (χ1n) is 8.01. The highest BCUT2D eigenvalue weighted by molar-refractivity contribution is 7.20. The van der Waals surface area contributed by atoms with Gasteiger partial charge in [0, 0.05) is 0 Å². The van der Waals surface area contributed by atoms with E-state index < -0.39 is 11.9 Å². The average Bonchev–Trinajstić information content (AvgIpc) is 3.21. The lowest BCUT2D eigenvalue weighted by atomic mass is 10.2. The zero-order valence-corrected chi connectivity index (χ0v) is 17.0. The Balaban J connectivity index is 0.000000166. The summed E-state index contributed by atoms with van der Waals surface area (Å²) in [6.45, 7) is 3.32. The van der Waals surface area contributed by atoms with E-state index in [-0.39, 0.29) is 16.0 Å². The van der Waals surface area contributed by atoms with Crippen molar-refractivity contribution in [1.29, 1.82) is 0 Å². The van der Waals surface area contributed by atoms with Crippen molar-refractivity contribution >= 4 is 55.0 Å². The summed E-state index contributed by atoms with van der Waals surface area (Å²) in [5.74, 6) is -1.46. The molecule has 0 saturated heterocycles. The van der Waals surface area contributed by atoms with Gasteiger partial charge in [-0.25, -0.2) is 19.6 Å². The van der Waals surface area contributed by atoms with E-state index >= 15 is 0 Å². The first-order valence-corrected chi connectivity index (χ1v) is 9.64. The molecule has 150 valence electrons. The minimum absolute atomic E-state index is 0.171. The van der Waals surface area contributed by atoms with Crippen molar-refractivity contribution in [1.82, 2.24) is 19.9 Å². The Morgan fingerprint density at radius 2 is 1.38 bits per heavy atom. The fourth-order valence-electron chi connectivity index (χ4n) is 2.65. The van der Waals surface area contributed by atoms with Crippen LogP contribution in [0, 0.1) is 13.8 Å². The summed E-state index contributed by atoms with van der Waals surface area (Å²) in [6.07, 6.45) is 2.59. The second-order valence-electron chi connectivity index (χ2n) is 5.73. The summed E-state index contributed by atoms with van der Waals surface area (Å²) in [4.78, 5) is 59.4. The zero-order chi connectivity index (χ0) is 21.3. The van der Waals surface area contributed by atoms with E-state index in [0.717, 1.165) is 11.3 Å². The summed E-state index contributed by atoms with van der Waals surface area (Å²) >= 11 is 2.18. The number of carboxylic acid groups (broad SMARTS) is 1. The van der Waals surface area contributed by atoms with Gasteiger partial charge in [0.2, 0.25) is 0 Å². The summed E-state index contributed by atoms with van der Waals surface area (Å²) in [5.41, 5.74) is 0.572. The molecule has 0 saturated carbocycles. The molecule has 0 bridgehead atoms. The van der Waals surface area contributed by atoms with Crippen molar-refractivity contribution in [3.63, 3.8) is 0 Å². The van der Waals surface area contributed by atoms with Crippen LogP contribution in [0.25, 0.3) is 20.4 Å². The Morgan fingerprint density at radius 1 is 0.931 bits per heavy atom. The van der Waals surface area contributed by atoms with E-state index in [4.69, 9.17) is 5.11 Å². The number of aryl methyl sites for hydroxylation is 2. The molecule has 0 aliphatic heterocycles. The number of carbonyl (C=O) groups excluding carboxylic acids is 1. The molecular formula is C17H14N4O6S2. The van der Waals surface area contributed by atoms with Gasteiger partial charge >= 0.3 is 11.9 Å². The number of nitrogens with one attached hydrogen (secondary N) is 2. The maximum atomic E-state index is 11.5. The van der Waals surface area contributed by atoms with Crippen LogP contribution in [0.4, 0.5) is 0 Å². The third kappa shape index (κ3) is 3.67. The van der Waals surface area contributed by atoms with Crippen molar-refractivity contribution in [2.75, 3.05) is 7.11 Å². The summed E-state index contributed by atoms with van der Waals surface area (Å²) < 4.78 is 4.62. The lowest BCUT2D eigenvalue weighted by Gasteiger charge is -1.94. The predicted octanol–water partition coefficient (Wildman–Crippen LogP) is 2.07. The molecule has 0 unspecified atom stereocenters. The molecular weight excluding hydrogens is 420 g/mol. The number of esters is 1. The molecule has 0 amide bonds. The second-order valence-corrected chi connectivity index (χ2v) is 7.73. The van der Waals surface area contributed by atoms with Crippen molar-refractivity contribution < 1.29 is 19.4 Å². The molecule has 4 aromatic rings. The SMILES string of the molecule is COC(=O)c1sc2nc[nH]c(=O)c2c1C.Cc1c(C(=O)O)sc2nc[nH]c(=O)c12. The smallest absolute Gasteiger partial charge is 0.348 e. The van der Waals surface area contributed by atoms with Gasteiger partial charge in [0.1, 0.15) is 19.4 Å². The number of nitrogens with zero attached hydrogens (tertiary/aromatic N) is 2. The van der Waals surface area contributed by atoms with Gasteiger partial charge in [-0.15, -0.1) is 22.7 Å². The van der Waals surface area contributed by atoms with Gasteiger partial charge in [-0.3, -0.25) is 9.59 Å². The van der Waals surface area contributed by atoms with Gasteiger partial charge in [0.25, 0.3) is 11.1 Å². The number of ether oxygens (including phenoxy) is 1. The first kappa shape index (κ1) is 20.4. The number of hydrogen-bond acceptors (Lipinski definition) is 9. The number of aromatic amines is 2. The van der Waals surface area contributed by atoms with E-state index in [1.54, 1.807) is 13.8 Å². The minimum atomic E-state index is -1.02. The Morgan fingerprint density at radius 3 is 1.79 bits per heavy atom. The van der Waals surface area contributed by atoms with Crippen LogP contribution < -0.4 is 11.1 Å². The number of thiophene rings is 2. The topological polar surface area (TPSA) is 155 Å². The van der Waals surface area contributed by atoms with Crippen molar-refractivity contribution in [3.8, 4) is 0 Å². The molecule has 0 atom stereocenters. The van der Waals surface area contributed by atoms with Gasteiger partial charge in [-0.1, -0.05) is 0 Å². The third-order valence-corrected chi connectivity index (χ3v) is 6.40. The molecule has 0 aliphatic rings. The fraction of sp³-hybridized carbons (Fsp3) is 0.176. The largest absolute Gasteiger partial charge is 0.477 e. The molecule has 0 radical (unpaired) electrons. The lowest BCUT2D eigenvalue weighted by molar-refractivity contribution is 0.0604. The standard InChI is InChI=1S/C9H8N2O3S.C8H6N2O3S/c1-4-5-7(12)10-3-11-8(5)15-6(4)9(13)14-2;1-3-4-6(11)9-2-10-7(4)14-5(3)8(12)13/h3H,1-2H3,(H,10,11,12);2H,1H3,(H,12,13)(H,9,10,11). The number of rotatable bonds is 2. The van der Waals surface area contributed by atoms with Crippen molar-refractivity contribution in [3.05, 3.63) is 54.2 Å². The van der Waals surface area contributed by atoms with Crippen LogP contribution in [-0.2, 0) is 4.74 Å². The highest BCUT2D eigenvalue weighted by Gasteiger charge is 2.18. The normalized spacial score (nSPS) is 10.6. The molecule has 29 heavy (non-hydrogen) atoms. The minimum Gasteiger partial charge on any atom is -0.477 e. The van der Waals surface area contributed by atoms with Crippen LogP contribution in [0.5, 0.6) is 0 Å². The van der Waals surface area contributed by atoms with Crippen molar-refractivity contribution in [2.24, 2.45) is 0 Å². The molecule has 12 heteroatoms. The maximum absolute atomic E-state index is 11.5. The van der Waals surface area contributed by atoms with E-state index in [1.165, 1.54) is 31.1 Å². The quantitative estimate of drug-likeness (QED) is 0.405. The van der Waals surface area contributed by atoms with E-state index in [0.29, 0.717) is 36.4 Å². The van der Waals surface area contributed by atoms with Gasteiger partial charge in [-0.05, 0) is 25.0 Å². The number of fused-ring (bicyclic) bond motifs is 2. The maximum Gasteiger partial charge on any atom is 0.348 e. The highest BCUT2D eigenvalue weighted by Crippen LogP contribution is 2.27. The molecule has 0 aromatic carbocycles. The number of carboxylic acids is 1. The van der Waals surface area contributed by atoms with Gasteiger partial charge < -0.3 is 19.8 Å². The molecule has 0 fully saturated rings. The summed E-state index contributed by atoms with van der Waals surface area (Å²) in [7, 11) is 1.31. The number of aromatic nitrogens is 4. The van der Waals surface area contributed by atoms with Gasteiger partial charge in [-0.2, -0.15) is 0 Å². The number of carbonyl (C=O) groups is 2. The lowest BCUT2D eigenvalue weighted by Crippen LogP contribution is -2.06. The Labute approximate surface area is 169 Å². The van der Waals surface area contributed by atoms with Crippen LogP contribution in [-0.4, -0.2) is 44.1 Å². The van der Waals surface area contributed by atoms with E-state index in [2.05, 4.69) is 24.7 Å². The number of hydrogen-bond donors (Lipinski definition) is 3. The monoisotopic (exact) mass is 434 g/mol. The van der Waals surface area contributed by atoms with Gasteiger partial charge in [0.05, 0.1) is 30.5 Å². The van der Waals surface area contributed by atoms with Crippen LogP contribution in [0.3, 0.4) is 0 Å². The highest BCUT2D eigenvalue weighted by atomic mass is 32.1.